The quantitative estimate of drug-likeness (QED) is 0.658. The molecule has 1 aliphatic rings. The van der Waals surface area contributed by atoms with Crippen molar-refractivity contribution in [2.45, 2.75) is 50.9 Å². The van der Waals surface area contributed by atoms with E-state index < -0.39 is 0 Å². The van der Waals surface area contributed by atoms with Crippen molar-refractivity contribution in [1.29, 1.82) is 0 Å². The van der Waals surface area contributed by atoms with Gasteiger partial charge in [0.25, 0.3) is 0 Å². The number of phenolic OH excluding ortho intramolecular Hbond substituents is 2. The second kappa shape index (κ2) is 8.18. The Balaban J connectivity index is 1.52. The van der Waals surface area contributed by atoms with Crippen LogP contribution in [0.15, 0.2) is 48.5 Å². The van der Waals surface area contributed by atoms with Gasteiger partial charge in [-0.3, -0.25) is 0 Å². The number of hydrogen-bond donors (Lipinski definition) is 4. The minimum Gasteiger partial charge on any atom is -0.508 e. The third kappa shape index (κ3) is 4.73. The van der Waals surface area contributed by atoms with Crippen LogP contribution in [0.4, 0.5) is 0 Å². The van der Waals surface area contributed by atoms with E-state index in [1.54, 1.807) is 24.3 Å². The molecule has 0 unspecified atom stereocenters. The lowest BCUT2D eigenvalue weighted by molar-refractivity contribution is 0.281. The fourth-order valence-corrected chi connectivity index (χ4v) is 3.35. The number of aromatic hydroxyl groups is 2. The predicted octanol–water partition coefficient (Wildman–Crippen LogP) is 3.29. The topological polar surface area (TPSA) is 64.5 Å². The summed E-state index contributed by atoms with van der Waals surface area (Å²) in [6.07, 6.45) is 4.91. The van der Waals surface area contributed by atoms with Crippen LogP contribution in [-0.4, -0.2) is 22.3 Å². The second-order valence-electron chi connectivity index (χ2n) is 6.59. The molecule has 0 spiro atoms. The molecule has 2 aromatic carbocycles. The van der Waals surface area contributed by atoms with E-state index in [2.05, 4.69) is 10.6 Å². The maximum Gasteiger partial charge on any atom is 0.115 e. The molecule has 1 fully saturated rings. The maximum atomic E-state index is 9.36. The maximum absolute atomic E-state index is 9.36. The molecule has 3 rings (SSSR count). The van der Waals surface area contributed by atoms with Crippen LogP contribution in [0.2, 0.25) is 0 Å². The van der Waals surface area contributed by atoms with E-state index >= 15 is 0 Å². The average molecular weight is 326 g/mol. The number of hydrogen-bond acceptors (Lipinski definition) is 4. The number of rotatable bonds is 6. The summed E-state index contributed by atoms with van der Waals surface area (Å²) in [7, 11) is 0. The molecular formula is C20H26N2O2. The fraction of sp³-hybridized carbons (Fsp3) is 0.400. The van der Waals surface area contributed by atoms with Crippen molar-refractivity contribution in [1.82, 2.24) is 10.6 Å². The van der Waals surface area contributed by atoms with Crippen LogP contribution in [0.5, 0.6) is 11.5 Å². The lowest BCUT2D eigenvalue weighted by Gasteiger charge is -2.33. The van der Waals surface area contributed by atoms with Crippen LogP contribution >= 0.6 is 0 Å². The first kappa shape index (κ1) is 16.8. The van der Waals surface area contributed by atoms with Gasteiger partial charge < -0.3 is 20.8 Å². The van der Waals surface area contributed by atoms with Crippen molar-refractivity contribution in [3.63, 3.8) is 0 Å². The first-order chi connectivity index (χ1) is 11.7. The third-order valence-corrected chi connectivity index (χ3v) is 4.78. The van der Waals surface area contributed by atoms with Gasteiger partial charge in [0.15, 0.2) is 0 Å². The molecule has 0 aliphatic heterocycles. The van der Waals surface area contributed by atoms with Gasteiger partial charge in [0.2, 0.25) is 0 Å². The monoisotopic (exact) mass is 326 g/mol. The summed E-state index contributed by atoms with van der Waals surface area (Å²) in [5.74, 6) is 0.620. The SMILES string of the molecule is Oc1ccc(CN[C@@H]2CCCC[C@H]2NCc2ccc(O)cc2)cc1. The van der Waals surface area contributed by atoms with E-state index in [1.165, 1.54) is 36.8 Å². The number of nitrogens with one attached hydrogen (secondary N) is 2. The fourth-order valence-electron chi connectivity index (χ4n) is 3.35. The molecule has 0 aromatic heterocycles. The summed E-state index contributed by atoms with van der Waals surface area (Å²) < 4.78 is 0. The van der Waals surface area contributed by atoms with Crippen molar-refractivity contribution in [3.05, 3.63) is 59.7 Å². The lowest BCUT2D eigenvalue weighted by atomic mass is 9.90. The molecule has 0 saturated heterocycles. The van der Waals surface area contributed by atoms with Gasteiger partial charge in [0.1, 0.15) is 11.5 Å². The standard InChI is InChI=1S/C20H26N2O2/c23-17-9-5-15(6-10-17)13-21-19-3-1-2-4-20(19)22-14-16-7-11-18(24)12-8-16/h5-12,19-24H,1-4,13-14H2/t19-,20-/m1/s1. The summed E-state index contributed by atoms with van der Waals surface area (Å²) in [5, 5.41) is 26.1. The Labute approximate surface area is 143 Å². The highest BCUT2D eigenvalue weighted by atomic mass is 16.3. The first-order valence-corrected chi connectivity index (χ1v) is 8.73. The highest BCUT2D eigenvalue weighted by molar-refractivity contribution is 5.26. The first-order valence-electron chi connectivity index (χ1n) is 8.73. The normalized spacial score (nSPS) is 20.8. The van der Waals surface area contributed by atoms with Crippen LogP contribution in [0.25, 0.3) is 0 Å². The zero-order valence-corrected chi connectivity index (χ0v) is 13.9. The highest BCUT2D eigenvalue weighted by Gasteiger charge is 2.24. The molecule has 4 heteroatoms. The van der Waals surface area contributed by atoms with Gasteiger partial charge in [-0.15, -0.1) is 0 Å². The predicted molar refractivity (Wildman–Crippen MR) is 95.9 cm³/mol. The van der Waals surface area contributed by atoms with Gasteiger partial charge in [0, 0.05) is 25.2 Å². The Morgan fingerprint density at radius 1 is 0.667 bits per heavy atom. The van der Waals surface area contributed by atoms with E-state index in [0.717, 1.165) is 13.1 Å². The van der Waals surface area contributed by atoms with Crippen molar-refractivity contribution in [2.24, 2.45) is 0 Å². The zero-order chi connectivity index (χ0) is 16.8. The highest BCUT2D eigenvalue weighted by Crippen LogP contribution is 2.20. The van der Waals surface area contributed by atoms with Crippen molar-refractivity contribution < 1.29 is 10.2 Å². The largest absolute Gasteiger partial charge is 0.508 e. The molecule has 2 aromatic rings. The van der Waals surface area contributed by atoms with E-state index in [0.29, 0.717) is 23.6 Å². The van der Waals surface area contributed by atoms with E-state index in [-0.39, 0.29) is 0 Å². The molecule has 0 radical (unpaired) electrons. The zero-order valence-electron chi connectivity index (χ0n) is 13.9. The molecule has 4 nitrogen and oxygen atoms in total. The molecule has 4 N–H and O–H groups in total. The Hall–Kier alpha value is -2.04. The summed E-state index contributed by atoms with van der Waals surface area (Å²) in [4.78, 5) is 0. The summed E-state index contributed by atoms with van der Waals surface area (Å²) in [6.45, 7) is 1.64. The molecule has 2 atom stereocenters. The molecule has 0 amide bonds. The Morgan fingerprint density at radius 3 is 1.42 bits per heavy atom. The molecule has 24 heavy (non-hydrogen) atoms. The minimum atomic E-state index is 0.310. The minimum absolute atomic E-state index is 0.310. The Bertz CT molecular complexity index is 568. The molecular weight excluding hydrogens is 300 g/mol. The number of phenols is 2. The van der Waals surface area contributed by atoms with Gasteiger partial charge in [0.05, 0.1) is 0 Å². The van der Waals surface area contributed by atoms with E-state index in [9.17, 15) is 10.2 Å². The van der Waals surface area contributed by atoms with Crippen LogP contribution in [-0.2, 0) is 13.1 Å². The van der Waals surface area contributed by atoms with Crippen molar-refractivity contribution in [2.75, 3.05) is 0 Å². The van der Waals surface area contributed by atoms with Gasteiger partial charge >= 0.3 is 0 Å². The van der Waals surface area contributed by atoms with Crippen LogP contribution < -0.4 is 10.6 Å². The van der Waals surface area contributed by atoms with Gasteiger partial charge in [-0.2, -0.15) is 0 Å². The molecule has 128 valence electrons. The number of benzene rings is 2. The van der Waals surface area contributed by atoms with Crippen molar-refractivity contribution >= 4 is 0 Å². The third-order valence-electron chi connectivity index (χ3n) is 4.78. The van der Waals surface area contributed by atoms with Gasteiger partial charge in [-0.25, -0.2) is 0 Å². The van der Waals surface area contributed by atoms with E-state index in [4.69, 9.17) is 0 Å². The van der Waals surface area contributed by atoms with Crippen LogP contribution in [0.1, 0.15) is 36.8 Å². The summed E-state index contributed by atoms with van der Waals surface area (Å²) in [6, 6.07) is 15.7. The Kier molecular flexibility index (Phi) is 5.72. The Morgan fingerprint density at radius 2 is 1.04 bits per heavy atom. The molecule has 0 heterocycles. The van der Waals surface area contributed by atoms with Gasteiger partial charge in [-0.1, -0.05) is 37.1 Å². The summed E-state index contributed by atoms with van der Waals surface area (Å²) in [5.41, 5.74) is 2.38. The van der Waals surface area contributed by atoms with Crippen LogP contribution in [0.3, 0.4) is 0 Å². The smallest absolute Gasteiger partial charge is 0.115 e. The second-order valence-corrected chi connectivity index (χ2v) is 6.59. The molecule has 1 saturated carbocycles. The van der Waals surface area contributed by atoms with Crippen molar-refractivity contribution in [3.8, 4) is 11.5 Å². The van der Waals surface area contributed by atoms with E-state index in [1.807, 2.05) is 24.3 Å². The molecule has 0 bridgehead atoms. The van der Waals surface area contributed by atoms with Gasteiger partial charge in [-0.05, 0) is 48.2 Å². The summed E-state index contributed by atoms with van der Waals surface area (Å²) >= 11 is 0. The molecule has 1 aliphatic carbocycles. The lowest BCUT2D eigenvalue weighted by Crippen LogP contribution is -2.49. The van der Waals surface area contributed by atoms with Crippen LogP contribution in [0, 0.1) is 0 Å². The average Bonchev–Trinajstić information content (AvgIpc) is 2.61.